The molecule has 0 bridgehead atoms. The third-order valence-electron chi connectivity index (χ3n) is 3.10. The molecule has 1 aromatic carbocycles. The number of carboxylic acids is 3. The largest absolute Gasteiger partial charge is 0.478 e. The summed E-state index contributed by atoms with van der Waals surface area (Å²) in [5, 5.41) is 27.7. The molecule has 0 aliphatic heterocycles. The van der Waals surface area contributed by atoms with Gasteiger partial charge in [-0.1, -0.05) is 18.2 Å². The van der Waals surface area contributed by atoms with Crippen LogP contribution in [-0.4, -0.2) is 38.2 Å². The van der Waals surface area contributed by atoms with Gasteiger partial charge < -0.3 is 26.0 Å². The zero-order chi connectivity index (χ0) is 17.3. The number of anilines is 1. The minimum Gasteiger partial charge on any atom is -0.478 e. The van der Waals surface area contributed by atoms with E-state index in [-0.39, 0.29) is 11.1 Å². The molecular formula is C14H10N2O7. The number of H-pyrrole nitrogens is 1. The first-order chi connectivity index (χ1) is 10.8. The predicted molar refractivity (Wildman–Crippen MR) is 77.8 cm³/mol. The Kier molecular flexibility index (Phi) is 3.86. The average Bonchev–Trinajstić information content (AvgIpc) is 2.45. The predicted octanol–water partition coefficient (Wildman–Crippen LogP) is 0.719. The number of aromatic carboxylic acids is 3. The summed E-state index contributed by atoms with van der Waals surface area (Å²) in [5.74, 6) is -5.28. The lowest BCUT2D eigenvalue weighted by atomic mass is 9.92. The van der Waals surface area contributed by atoms with E-state index in [2.05, 4.69) is 0 Å². The van der Waals surface area contributed by atoms with Crippen molar-refractivity contribution in [2.75, 3.05) is 5.73 Å². The van der Waals surface area contributed by atoms with Gasteiger partial charge in [0.15, 0.2) is 0 Å². The first-order valence-corrected chi connectivity index (χ1v) is 6.10. The highest BCUT2D eigenvalue weighted by Crippen LogP contribution is 2.31. The normalized spacial score (nSPS) is 10.3. The molecule has 0 amide bonds. The van der Waals surface area contributed by atoms with Gasteiger partial charge in [0.1, 0.15) is 16.9 Å². The number of nitrogens with two attached hydrogens (primary N) is 1. The lowest BCUT2D eigenvalue weighted by Crippen LogP contribution is -2.24. The van der Waals surface area contributed by atoms with Gasteiger partial charge in [-0.15, -0.1) is 0 Å². The molecule has 9 nitrogen and oxygen atoms in total. The SMILES string of the molecule is Nc1[nH]c(=O)c(C(=O)O)c(-c2ccccc2C(=O)O)c1C(=O)O. The second-order valence-electron chi connectivity index (χ2n) is 4.45. The molecule has 1 aromatic heterocycles. The van der Waals surface area contributed by atoms with Crippen LogP contribution in [0.3, 0.4) is 0 Å². The number of aromatic nitrogens is 1. The van der Waals surface area contributed by atoms with E-state index >= 15 is 0 Å². The summed E-state index contributed by atoms with van der Waals surface area (Å²) >= 11 is 0. The van der Waals surface area contributed by atoms with Gasteiger partial charge in [-0.05, 0) is 11.6 Å². The number of hydrogen-bond donors (Lipinski definition) is 5. The van der Waals surface area contributed by atoms with Crippen LogP contribution in [0, 0.1) is 0 Å². The summed E-state index contributed by atoms with van der Waals surface area (Å²) < 4.78 is 0. The van der Waals surface area contributed by atoms with Crippen molar-refractivity contribution in [3.8, 4) is 11.1 Å². The summed E-state index contributed by atoms with van der Waals surface area (Å²) in [4.78, 5) is 48.0. The monoisotopic (exact) mass is 318 g/mol. The van der Waals surface area contributed by atoms with E-state index in [1.54, 1.807) is 0 Å². The van der Waals surface area contributed by atoms with Crippen LogP contribution >= 0.6 is 0 Å². The smallest absolute Gasteiger partial charge is 0.342 e. The Morgan fingerprint density at radius 3 is 2.00 bits per heavy atom. The van der Waals surface area contributed by atoms with E-state index in [1.165, 1.54) is 18.2 Å². The van der Waals surface area contributed by atoms with Crippen LogP contribution in [0.2, 0.25) is 0 Å². The molecule has 0 spiro atoms. The molecule has 0 saturated carbocycles. The third-order valence-corrected chi connectivity index (χ3v) is 3.10. The first-order valence-electron chi connectivity index (χ1n) is 6.10. The fourth-order valence-electron chi connectivity index (χ4n) is 2.20. The van der Waals surface area contributed by atoms with E-state index in [0.717, 1.165) is 6.07 Å². The van der Waals surface area contributed by atoms with Gasteiger partial charge >= 0.3 is 17.9 Å². The average molecular weight is 318 g/mol. The molecule has 9 heteroatoms. The van der Waals surface area contributed by atoms with Crippen LogP contribution in [0.15, 0.2) is 29.1 Å². The minimum absolute atomic E-state index is 0.229. The van der Waals surface area contributed by atoms with Gasteiger partial charge in [-0.3, -0.25) is 4.79 Å². The van der Waals surface area contributed by atoms with Gasteiger partial charge in [0.05, 0.1) is 5.56 Å². The van der Waals surface area contributed by atoms with E-state index in [0.29, 0.717) is 0 Å². The number of carbonyl (C=O) groups is 3. The summed E-state index contributed by atoms with van der Waals surface area (Å²) in [5.41, 5.74) is 1.63. The van der Waals surface area contributed by atoms with E-state index in [4.69, 9.17) is 5.73 Å². The van der Waals surface area contributed by atoms with Crippen molar-refractivity contribution in [1.29, 1.82) is 0 Å². The number of benzene rings is 1. The topological polar surface area (TPSA) is 171 Å². The molecule has 0 radical (unpaired) electrons. The Labute approximate surface area is 127 Å². The zero-order valence-corrected chi connectivity index (χ0v) is 11.4. The van der Waals surface area contributed by atoms with Crippen molar-refractivity contribution in [3.63, 3.8) is 0 Å². The number of aromatic amines is 1. The van der Waals surface area contributed by atoms with Crippen molar-refractivity contribution in [2.24, 2.45) is 0 Å². The van der Waals surface area contributed by atoms with Crippen molar-refractivity contribution in [2.45, 2.75) is 0 Å². The molecule has 0 fully saturated rings. The maximum absolute atomic E-state index is 11.9. The number of nitrogens with one attached hydrogen (secondary N) is 1. The third kappa shape index (κ3) is 2.62. The fourth-order valence-corrected chi connectivity index (χ4v) is 2.20. The summed E-state index contributed by atoms with van der Waals surface area (Å²) in [6.45, 7) is 0. The number of carboxylic acid groups (broad SMARTS) is 3. The minimum atomic E-state index is -1.70. The highest BCUT2D eigenvalue weighted by Gasteiger charge is 2.28. The lowest BCUT2D eigenvalue weighted by Gasteiger charge is -2.13. The molecule has 0 aliphatic carbocycles. The highest BCUT2D eigenvalue weighted by molar-refractivity contribution is 6.10. The van der Waals surface area contributed by atoms with Crippen molar-refractivity contribution in [3.05, 3.63) is 51.3 Å². The van der Waals surface area contributed by atoms with Crippen LogP contribution in [0.5, 0.6) is 0 Å². The van der Waals surface area contributed by atoms with Crippen molar-refractivity contribution >= 4 is 23.7 Å². The maximum atomic E-state index is 11.9. The van der Waals surface area contributed by atoms with E-state index in [9.17, 15) is 34.5 Å². The van der Waals surface area contributed by atoms with Gasteiger partial charge in [0.25, 0.3) is 5.56 Å². The molecule has 23 heavy (non-hydrogen) atoms. The summed E-state index contributed by atoms with van der Waals surface area (Å²) in [7, 11) is 0. The Hall–Kier alpha value is -3.62. The molecule has 0 unspecified atom stereocenters. The van der Waals surface area contributed by atoms with Crippen LogP contribution < -0.4 is 11.3 Å². The Morgan fingerprint density at radius 2 is 1.48 bits per heavy atom. The number of hydrogen-bond acceptors (Lipinski definition) is 5. The molecule has 1 heterocycles. The fraction of sp³-hybridized carbons (Fsp3) is 0. The summed E-state index contributed by atoms with van der Waals surface area (Å²) in [6.07, 6.45) is 0. The Bertz CT molecular complexity index is 898. The van der Waals surface area contributed by atoms with Crippen LogP contribution in [0.4, 0.5) is 5.82 Å². The molecule has 118 valence electrons. The maximum Gasteiger partial charge on any atom is 0.342 e. The number of rotatable bonds is 4. The van der Waals surface area contributed by atoms with Gasteiger partial charge in [-0.25, -0.2) is 14.4 Å². The zero-order valence-electron chi connectivity index (χ0n) is 11.4. The lowest BCUT2D eigenvalue weighted by molar-refractivity contribution is 0.0679. The van der Waals surface area contributed by atoms with Gasteiger partial charge in [0, 0.05) is 5.56 Å². The Balaban J connectivity index is 3.07. The first kappa shape index (κ1) is 15.8. The molecule has 6 N–H and O–H groups in total. The van der Waals surface area contributed by atoms with Gasteiger partial charge in [0.2, 0.25) is 0 Å². The second kappa shape index (κ2) is 5.64. The van der Waals surface area contributed by atoms with Crippen LogP contribution in [-0.2, 0) is 0 Å². The standard InChI is InChI=1S/C14H10N2O7/c15-10-8(13(20)21)7(9(14(22)23)11(17)16-10)5-3-1-2-4-6(5)12(18)19/h1-4H,(H,18,19)(H,20,21)(H,22,23)(H3,15,16,17). The Morgan fingerprint density at radius 1 is 0.913 bits per heavy atom. The molecule has 0 atom stereocenters. The quantitative estimate of drug-likeness (QED) is 0.548. The molecular weight excluding hydrogens is 308 g/mol. The van der Waals surface area contributed by atoms with Crippen molar-refractivity contribution < 1.29 is 29.7 Å². The number of nitrogen functional groups attached to an aromatic ring is 1. The van der Waals surface area contributed by atoms with E-state index < -0.39 is 46.0 Å². The van der Waals surface area contributed by atoms with Crippen LogP contribution in [0.25, 0.3) is 11.1 Å². The van der Waals surface area contributed by atoms with Gasteiger partial charge in [-0.2, -0.15) is 0 Å². The van der Waals surface area contributed by atoms with E-state index in [1.807, 2.05) is 4.98 Å². The highest BCUT2D eigenvalue weighted by atomic mass is 16.4. The molecule has 0 saturated heterocycles. The molecule has 2 aromatic rings. The molecule has 2 rings (SSSR count). The second-order valence-corrected chi connectivity index (χ2v) is 4.45. The van der Waals surface area contributed by atoms with Crippen molar-refractivity contribution in [1.82, 2.24) is 4.98 Å². The van der Waals surface area contributed by atoms with Crippen LogP contribution in [0.1, 0.15) is 31.1 Å². The molecule has 0 aliphatic rings. The summed E-state index contributed by atoms with van der Waals surface area (Å²) in [6, 6.07) is 5.13. The number of pyridine rings is 1.